The molecule has 0 unspecified atom stereocenters. The molecule has 2 saturated carbocycles. The van der Waals surface area contributed by atoms with E-state index >= 15 is 0 Å². The molecule has 0 saturated heterocycles. The van der Waals surface area contributed by atoms with E-state index in [2.05, 4.69) is 27.2 Å². The van der Waals surface area contributed by atoms with Crippen LogP contribution in [0.15, 0.2) is 24.5 Å². The summed E-state index contributed by atoms with van der Waals surface area (Å²) in [7, 11) is 0. The second kappa shape index (κ2) is 9.53. The maximum Gasteiger partial charge on any atom is 0.263 e. The zero-order valence-electron chi connectivity index (χ0n) is 20.0. The number of aromatic amines is 1. The van der Waals surface area contributed by atoms with Crippen LogP contribution >= 0.6 is 0 Å². The molecule has 0 bridgehead atoms. The first-order valence-corrected chi connectivity index (χ1v) is 12.3. The number of halogens is 2. The average Bonchev–Trinajstić information content (AvgIpc) is 3.59. The quantitative estimate of drug-likeness (QED) is 0.443. The van der Waals surface area contributed by atoms with Gasteiger partial charge in [0.1, 0.15) is 23.3 Å². The Labute approximate surface area is 202 Å². The van der Waals surface area contributed by atoms with Crippen molar-refractivity contribution in [3.05, 3.63) is 41.3 Å². The number of amides is 1. The van der Waals surface area contributed by atoms with Gasteiger partial charge in [0, 0.05) is 28.9 Å². The molecule has 2 aliphatic rings. The largest absolute Gasteiger partial charge is 0.493 e. The van der Waals surface area contributed by atoms with Gasteiger partial charge in [-0.05, 0) is 69.1 Å². The number of carbonyl (C=O) groups excluding carboxylic acids is 1. The number of nitrogens with one attached hydrogen (secondary N) is 2. The van der Waals surface area contributed by atoms with E-state index < -0.39 is 6.43 Å². The average molecular weight is 484 g/mol. The van der Waals surface area contributed by atoms with E-state index in [1.165, 1.54) is 18.5 Å². The molecule has 0 radical (unpaired) electrons. The minimum absolute atomic E-state index is 0.0399. The van der Waals surface area contributed by atoms with Gasteiger partial charge < -0.3 is 20.8 Å². The number of nitrogens with two attached hydrogens (primary N) is 1. The Bertz CT molecular complexity index is 1240. The molecular weight excluding hydrogens is 452 g/mol. The fourth-order valence-electron chi connectivity index (χ4n) is 4.98. The van der Waals surface area contributed by atoms with Crippen LogP contribution in [0.3, 0.4) is 0 Å². The summed E-state index contributed by atoms with van der Waals surface area (Å²) in [6.45, 7) is 4.45. The number of H-pyrrole nitrogens is 1. The number of nitrogens with zero attached hydrogens (tertiary/aromatic N) is 2. The topological polar surface area (TPSA) is 106 Å². The molecule has 0 spiro atoms. The van der Waals surface area contributed by atoms with E-state index in [-0.39, 0.29) is 29.5 Å². The first-order valence-electron chi connectivity index (χ1n) is 12.3. The maximum absolute atomic E-state index is 13.5. The summed E-state index contributed by atoms with van der Waals surface area (Å²) < 4.78 is 33.1. The van der Waals surface area contributed by atoms with Gasteiger partial charge in [-0.2, -0.15) is 0 Å². The lowest BCUT2D eigenvalue weighted by atomic mass is 9.83. The lowest BCUT2D eigenvalue weighted by Crippen LogP contribution is -2.45. The van der Waals surface area contributed by atoms with Gasteiger partial charge >= 0.3 is 0 Å². The predicted molar refractivity (Wildman–Crippen MR) is 129 cm³/mol. The van der Waals surface area contributed by atoms with Crippen LogP contribution in [0.5, 0.6) is 5.75 Å². The van der Waals surface area contributed by atoms with Crippen LogP contribution in [0.1, 0.15) is 67.1 Å². The van der Waals surface area contributed by atoms with Gasteiger partial charge in [-0.25, -0.2) is 18.7 Å². The molecule has 4 N–H and O–H groups in total. The molecule has 7 nitrogen and oxygen atoms in total. The summed E-state index contributed by atoms with van der Waals surface area (Å²) >= 11 is 0. The molecule has 5 rings (SSSR count). The molecule has 2 heterocycles. The van der Waals surface area contributed by atoms with Gasteiger partial charge in [0.15, 0.2) is 0 Å². The van der Waals surface area contributed by atoms with Crippen molar-refractivity contribution in [3.8, 4) is 17.0 Å². The Morgan fingerprint density at radius 2 is 2.06 bits per heavy atom. The van der Waals surface area contributed by atoms with Gasteiger partial charge in [-0.15, -0.1) is 0 Å². The molecule has 2 aliphatic carbocycles. The molecule has 3 atom stereocenters. The highest BCUT2D eigenvalue weighted by atomic mass is 19.3. The highest BCUT2D eigenvalue weighted by Gasteiger charge is 2.30. The summed E-state index contributed by atoms with van der Waals surface area (Å²) in [5.74, 6) is 1.06. The first kappa shape index (κ1) is 23.7. The second-order valence-corrected chi connectivity index (χ2v) is 10.0. The number of rotatable bonds is 7. The number of alkyl halides is 2. The lowest BCUT2D eigenvalue weighted by Gasteiger charge is -2.33. The molecule has 1 aromatic carbocycles. The van der Waals surface area contributed by atoms with Gasteiger partial charge in [-0.3, -0.25) is 4.79 Å². The van der Waals surface area contributed by atoms with Crippen LogP contribution in [-0.4, -0.2) is 39.5 Å². The van der Waals surface area contributed by atoms with Crippen molar-refractivity contribution >= 4 is 16.9 Å². The number of benzene rings is 1. The monoisotopic (exact) mass is 483 g/mol. The maximum atomic E-state index is 13.5. The van der Waals surface area contributed by atoms with Gasteiger partial charge in [0.25, 0.3) is 12.3 Å². The normalized spacial score (nSPS) is 22.5. The van der Waals surface area contributed by atoms with Crippen LogP contribution in [0.4, 0.5) is 8.78 Å². The van der Waals surface area contributed by atoms with Crippen LogP contribution in [0, 0.1) is 18.8 Å². The van der Waals surface area contributed by atoms with E-state index in [9.17, 15) is 13.6 Å². The third-order valence-electron chi connectivity index (χ3n) is 7.21. The fourth-order valence-corrected chi connectivity index (χ4v) is 4.98. The number of aromatic nitrogens is 3. The zero-order valence-corrected chi connectivity index (χ0v) is 20.0. The Morgan fingerprint density at radius 3 is 2.77 bits per heavy atom. The molecule has 35 heavy (non-hydrogen) atoms. The summed E-state index contributed by atoms with van der Waals surface area (Å²) in [4.78, 5) is 25.4. The summed E-state index contributed by atoms with van der Waals surface area (Å²) in [6, 6.07) is 4.58. The fraction of sp³-hybridized carbons (Fsp3) is 0.500. The van der Waals surface area contributed by atoms with Crippen LogP contribution in [0.2, 0.25) is 0 Å². The Hall–Kier alpha value is -3.07. The molecule has 186 valence electrons. The van der Waals surface area contributed by atoms with Gasteiger partial charge in [0.05, 0.1) is 17.7 Å². The van der Waals surface area contributed by atoms with Crippen molar-refractivity contribution in [3.63, 3.8) is 0 Å². The number of ether oxygens (including phenoxy) is 1. The van der Waals surface area contributed by atoms with Crippen molar-refractivity contribution in [1.29, 1.82) is 0 Å². The van der Waals surface area contributed by atoms with Gasteiger partial charge in [0.2, 0.25) is 0 Å². The van der Waals surface area contributed by atoms with E-state index in [1.54, 1.807) is 13.0 Å². The van der Waals surface area contributed by atoms with Crippen LogP contribution in [0.25, 0.3) is 22.3 Å². The van der Waals surface area contributed by atoms with E-state index in [0.29, 0.717) is 51.8 Å². The van der Waals surface area contributed by atoms with Gasteiger partial charge in [-0.1, -0.05) is 6.92 Å². The molecule has 2 fully saturated rings. The molecule has 0 aliphatic heterocycles. The Kier molecular flexibility index (Phi) is 6.44. The highest BCUT2D eigenvalue weighted by Crippen LogP contribution is 2.38. The minimum atomic E-state index is -2.62. The Balaban J connectivity index is 1.52. The predicted octanol–water partition coefficient (Wildman–Crippen LogP) is 4.91. The molecular formula is C26H31F2N5O2. The number of hydrogen-bond donors (Lipinski definition) is 3. The third-order valence-corrected chi connectivity index (χ3v) is 7.21. The van der Waals surface area contributed by atoms with Crippen LogP contribution in [-0.2, 0) is 0 Å². The van der Waals surface area contributed by atoms with Crippen molar-refractivity contribution < 1.29 is 18.3 Å². The standard InChI is InChI=1S/C26H31F2N5O2/c1-13-9-17(29)6-7-19(13)33-26(34)21-14(2)32-24-22(30-12-31-23(21)24)18-10-16(25(27)28)5-8-20(18)35-11-15-3-4-15/h5,8,10,12-13,15,17,19,25,32H,3-4,6-7,9,11,29H2,1-2H3,(H,33,34)/t13-,17-,19-/m0/s1. The van der Waals surface area contributed by atoms with E-state index in [4.69, 9.17) is 10.5 Å². The molecule has 2 aromatic heterocycles. The summed E-state index contributed by atoms with van der Waals surface area (Å²) in [6.07, 6.45) is 3.54. The SMILES string of the molecule is Cc1[nH]c2c(-c3cc(C(F)F)ccc3OCC3CC3)ncnc2c1C(=O)N[C@H]1CC[C@H](N)C[C@@H]1C. The van der Waals surface area contributed by atoms with Crippen molar-refractivity contribution in [2.24, 2.45) is 17.6 Å². The number of fused-ring (bicyclic) bond motifs is 1. The minimum Gasteiger partial charge on any atom is -0.493 e. The van der Waals surface area contributed by atoms with Crippen molar-refractivity contribution in [2.75, 3.05) is 6.61 Å². The molecule has 3 aromatic rings. The van der Waals surface area contributed by atoms with Crippen molar-refractivity contribution in [2.45, 2.75) is 64.5 Å². The Morgan fingerprint density at radius 1 is 1.26 bits per heavy atom. The number of hydrogen-bond acceptors (Lipinski definition) is 5. The molecule has 9 heteroatoms. The number of carbonyl (C=O) groups is 1. The zero-order chi connectivity index (χ0) is 24.7. The first-order chi connectivity index (χ1) is 16.8. The highest BCUT2D eigenvalue weighted by molar-refractivity contribution is 6.09. The van der Waals surface area contributed by atoms with E-state index in [1.807, 2.05) is 0 Å². The van der Waals surface area contributed by atoms with Crippen LogP contribution < -0.4 is 15.8 Å². The smallest absolute Gasteiger partial charge is 0.263 e. The summed E-state index contributed by atoms with van der Waals surface area (Å²) in [5.41, 5.74) is 8.92. The molecule has 1 amide bonds. The number of aryl methyl sites for hydroxylation is 1. The van der Waals surface area contributed by atoms with E-state index in [0.717, 1.165) is 32.1 Å². The lowest BCUT2D eigenvalue weighted by molar-refractivity contribution is 0.0907. The third kappa shape index (κ3) is 4.87. The second-order valence-electron chi connectivity index (χ2n) is 10.0. The summed E-state index contributed by atoms with van der Waals surface area (Å²) in [5, 5.41) is 3.16. The van der Waals surface area contributed by atoms with Crippen molar-refractivity contribution in [1.82, 2.24) is 20.3 Å².